The number of hydrogen-bond donors (Lipinski definition) is 2. The van der Waals surface area contributed by atoms with Crippen molar-refractivity contribution in [2.24, 2.45) is 5.73 Å². The Morgan fingerprint density at radius 3 is 2.87 bits per heavy atom. The van der Waals surface area contributed by atoms with Gasteiger partial charge in [-0.3, -0.25) is 0 Å². The smallest absolute Gasteiger partial charge is 0.0947 e. The normalized spacial score (nSPS) is 20.3. The van der Waals surface area contributed by atoms with Gasteiger partial charge in [0.15, 0.2) is 0 Å². The average Bonchev–Trinajstić information content (AvgIpc) is 2.71. The molecule has 0 radical (unpaired) electrons. The van der Waals surface area contributed by atoms with E-state index in [0.29, 0.717) is 0 Å². The highest BCUT2D eigenvalue weighted by Crippen LogP contribution is 2.16. The van der Waals surface area contributed by atoms with Crippen molar-refractivity contribution in [1.82, 2.24) is 5.32 Å². The first kappa shape index (κ1) is 10.7. The molecule has 84 valence electrons. The first-order valence-electron chi connectivity index (χ1n) is 5.37. The molecule has 1 aromatic heterocycles. The highest BCUT2D eigenvalue weighted by Gasteiger charge is 2.27. The second-order valence-electron chi connectivity index (χ2n) is 4.21. The molecular weight excluding hydrogens is 192 g/mol. The molecule has 1 aromatic rings. The highest BCUT2D eigenvalue weighted by molar-refractivity contribution is 5.04. The summed E-state index contributed by atoms with van der Waals surface area (Å²) in [7, 11) is 0. The van der Waals surface area contributed by atoms with Gasteiger partial charge in [0.25, 0.3) is 0 Å². The van der Waals surface area contributed by atoms with Gasteiger partial charge < -0.3 is 20.2 Å². The Balaban J connectivity index is 1.72. The van der Waals surface area contributed by atoms with Crippen molar-refractivity contribution in [2.75, 3.05) is 19.8 Å². The quantitative estimate of drug-likeness (QED) is 0.774. The standard InChI is InChI=1S/C11H18N2O2/c12-11(2-5-14-6-3-11)9-13-7-10-1-4-15-8-10/h1,4,8,13H,2-3,5-7,9,12H2. The van der Waals surface area contributed by atoms with Crippen LogP contribution < -0.4 is 11.1 Å². The van der Waals surface area contributed by atoms with Crippen molar-refractivity contribution in [1.29, 1.82) is 0 Å². The maximum Gasteiger partial charge on any atom is 0.0947 e. The molecule has 2 rings (SSSR count). The molecule has 2 heterocycles. The Hall–Kier alpha value is -0.840. The lowest BCUT2D eigenvalue weighted by atomic mass is 9.91. The van der Waals surface area contributed by atoms with Gasteiger partial charge in [-0.25, -0.2) is 0 Å². The summed E-state index contributed by atoms with van der Waals surface area (Å²) in [5.74, 6) is 0. The lowest BCUT2D eigenvalue weighted by Gasteiger charge is -2.33. The van der Waals surface area contributed by atoms with Crippen molar-refractivity contribution in [3.05, 3.63) is 24.2 Å². The molecule has 15 heavy (non-hydrogen) atoms. The van der Waals surface area contributed by atoms with Gasteiger partial charge in [0.2, 0.25) is 0 Å². The third-order valence-electron chi connectivity index (χ3n) is 2.87. The molecule has 0 saturated carbocycles. The molecule has 4 heteroatoms. The zero-order valence-corrected chi connectivity index (χ0v) is 8.87. The molecule has 3 N–H and O–H groups in total. The molecule has 0 unspecified atom stereocenters. The van der Waals surface area contributed by atoms with Crippen LogP contribution in [0.1, 0.15) is 18.4 Å². The minimum absolute atomic E-state index is 0.0953. The van der Waals surface area contributed by atoms with Crippen LogP contribution in [0.25, 0.3) is 0 Å². The minimum atomic E-state index is -0.0953. The number of furan rings is 1. The van der Waals surface area contributed by atoms with Crippen molar-refractivity contribution in [3.63, 3.8) is 0 Å². The van der Waals surface area contributed by atoms with Gasteiger partial charge in [-0.1, -0.05) is 0 Å². The highest BCUT2D eigenvalue weighted by atomic mass is 16.5. The fraction of sp³-hybridized carbons (Fsp3) is 0.636. The number of ether oxygens (including phenoxy) is 1. The monoisotopic (exact) mass is 210 g/mol. The fourth-order valence-corrected chi connectivity index (χ4v) is 1.80. The van der Waals surface area contributed by atoms with E-state index in [-0.39, 0.29) is 5.54 Å². The second-order valence-corrected chi connectivity index (χ2v) is 4.21. The van der Waals surface area contributed by atoms with E-state index in [1.807, 2.05) is 6.07 Å². The number of nitrogens with two attached hydrogens (primary N) is 1. The Morgan fingerprint density at radius 1 is 1.40 bits per heavy atom. The van der Waals surface area contributed by atoms with E-state index in [2.05, 4.69) is 5.32 Å². The van der Waals surface area contributed by atoms with Gasteiger partial charge in [-0.15, -0.1) is 0 Å². The van der Waals surface area contributed by atoms with Gasteiger partial charge in [-0.05, 0) is 18.9 Å². The van der Waals surface area contributed by atoms with Crippen LogP contribution >= 0.6 is 0 Å². The third-order valence-corrected chi connectivity index (χ3v) is 2.87. The van der Waals surface area contributed by atoms with Gasteiger partial charge in [-0.2, -0.15) is 0 Å². The van der Waals surface area contributed by atoms with Gasteiger partial charge >= 0.3 is 0 Å². The van der Waals surface area contributed by atoms with Crippen LogP contribution in [0.4, 0.5) is 0 Å². The zero-order valence-electron chi connectivity index (χ0n) is 8.87. The van der Waals surface area contributed by atoms with E-state index < -0.39 is 0 Å². The molecule has 1 fully saturated rings. The first-order chi connectivity index (χ1) is 7.29. The number of hydrogen-bond acceptors (Lipinski definition) is 4. The number of nitrogens with one attached hydrogen (secondary N) is 1. The zero-order chi connectivity index (χ0) is 10.6. The maximum absolute atomic E-state index is 6.23. The summed E-state index contributed by atoms with van der Waals surface area (Å²) >= 11 is 0. The summed E-state index contributed by atoms with van der Waals surface area (Å²) in [5, 5.41) is 3.36. The van der Waals surface area contributed by atoms with Crippen LogP contribution in [0.15, 0.2) is 23.0 Å². The van der Waals surface area contributed by atoms with E-state index >= 15 is 0 Å². The molecule has 4 nitrogen and oxygen atoms in total. The van der Waals surface area contributed by atoms with Crippen molar-refractivity contribution in [2.45, 2.75) is 24.9 Å². The summed E-state index contributed by atoms with van der Waals surface area (Å²) in [5.41, 5.74) is 7.30. The first-order valence-corrected chi connectivity index (χ1v) is 5.37. The molecule has 0 amide bonds. The topological polar surface area (TPSA) is 60.4 Å². The van der Waals surface area contributed by atoms with Gasteiger partial charge in [0.05, 0.1) is 12.5 Å². The van der Waals surface area contributed by atoms with E-state index in [4.69, 9.17) is 14.9 Å². The van der Waals surface area contributed by atoms with E-state index in [0.717, 1.165) is 44.7 Å². The molecule has 0 bridgehead atoms. The van der Waals surface area contributed by atoms with Crippen LogP contribution in [0.5, 0.6) is 0 Å². The van der Waals surface area contributed by atoms with E-state index in [1.165, 1.54) is 0 Å². The molecular formula is C11H18N2O2. The summed E-state index contributed by atoms with van der Waals surface area (Å²) in [6, 6.07) is 1.96. The maximum atomic E-state index is 6.23. The lowest BCUT2D eigenvalue weighted by Crippen LogP contribution is -2.52. The van der Waals surface area contributed by atoms with Gasteiger partial charge in [0, 0.05) is 37.4 Å². The molecule has 1 aliphatic heterocycles. The Kier molecular flexibility index (Phi) is 3.41. The third kappa shape index (κ3) is 3.06. The summed E-state index contributed by atoms with van der Waals surface area (Å²) in [6.07, 6.45) is 5.31. The van der Waals surface area contributed by atoms with Crippen LogP contribution in [-0.4, -0.2) is 25.3 Å². The van der Waals surface area contributed by atoms with Crippen molar-refractivity contribution in [3.8, 4) is 0 Å². The molecule has 1 saturated heterocycles. The summed E-state index contributed by atoms with van der Waals surface area (Å²) < 4.78 is 10.3. The van der Waals surface area contributed by atoms with Crippen molar-refractivity contribution >= 4 is 0 Å². The van der Waals surface area contributed by atoms with E-state index in [9.17, 15) is 0 Å². The Morgan fingerprint density at radius 2 is 2.20 bits per heavy atom. The second kappa shape index (κ2) is 4.79. The fourth-order valence-electron chi connectivity index (χ4n) is 1.80. The van der Waals surface area contributed by atoms with Crippen LogP contribution in [0.2, 0.25) is 0 Å². The largest absolute Gasteiger partial charge is 0.472 e. The predicted octanol–water partition coefficient (Wildman–Crippen LogP) is 0.877. The molecule has 0 atom stereocenters. The van der Waals surface area contributed by atoms with Crippen LogP contribution in [0, 0.1) is 0 Å². The van der Waals surface area contributed by atoms with Crippen LogP contribution in [0.3, 0.4) is 0 Å². The lowest BCUT2D eigenvalue weighted by molar-refractivity contribution is 0.0531. The molecule has 0 spiro atoms. The Labute approximate surface area is 89.8 Å². The Bertz CT molecular complexity index is 279. The predicted molar refractivity (Wildman–Crippen MR) is 57.4 cm³/mol. The number of rotatable bonds is 4. The SMILES string of the molecule is NC1(CNCc2ccoc2)CCOCC1. The van der Waals surface area contributed by atoms with Crippen LogP contribution in [-0.2, 0) is 11.3 Å². The molecule has 1 aliphatic rings. The summed E-state index contributed by atoms with van der Waals surface area (Å²) in [4.78, 5) is 0. The van der Waals surface area contributed by atoms with E-state index in [1.54, 1.807) is 12.5 Å². The minimum Gasteiger partial charge on any atom is -0.472 e. The molecule has 0 aromatic carbocycles. The van der Waals surface area contributed by atoms with Gasteiger partial charge in [0.1, 0.15) is 0 Å². The van der Waals surface area contributed by atoms with Crippen molar-refractivity contribution < 1.29 is 9.15 Å². The molecule has 0 aliphatic carbocycles. The average molecular weight is 210 g/mol. The summed E-state index contributed by atoms with van der Waals surface area (Å²) in [6.45, 7) is 3.21.